The van der Waals surface area contributed by atoms with Gasteiger partial charge in [-0.1, -0.05) is 12.5 Å². The third-order valence-corrected chi connectivity index (χ3v) is 4.66. The van der Waals surface area contributed by atoms with Gasteiger partial charge in [-0.3, -0.25) is 10.1 Å². The quantitative estimate of drug-likeness (QED) is 0.490. The topological polar surface area (TPSA) is 84.5 Å². The predicted molar refractivity (Wildman–Crippen MR) is 87.6 cm³/mol. The van der Waals surface area contributed by atoms with E-state index in [1.54, 1.807) is 0 Å². The summed E-state index contributed by atoms with van der Waals surface area (Å²) in [6, 6.07) is 1.22. The lowest BCUT2D eigenvalue weighted by Gasteiger charge is -2.05. The van der Waals surface area contributed by atoms with Gasteiger partial charge >= 0.3 is 12.0 Å². The number of thiophene rings is 1. The molecule has 0 saturated carbocycles. The number of carbonyl (C=O) groups excluding carboxylic acids is 3. The van der Waals surface area contributed by atoms with Crippen molar-refractivity contribution < 1.29 is 19.1 Å². The number of esters is 1. The summed E-state index contributed by atoms with van der Waals surface area (Å²) >= 11 is 1.44. The van der Waals surface area contributed by atoms with Gasteiger partial charge in [-0.05, 0) is 37.3 Å². The first-order valence-electron chi connectivity index (χ1n) is 7.57. The Morgan fingerprint density at radius 2 is 2.04 bits per heavy atom. The van der Waals surface area contributed by atoms with E-state index in [2.05, 4.69) is 17.2 Å². The van der Waals surface area contributed by atoms with Gasteiger partial charge in [0.05, 0.1) is 0 Å². The number of fused-ring (bicyclic) bond motifs is 1. The molecule has 2 N–H and O–H groups in total. The minimum absolute atomic E-state index is 0.250. The van der Waals surface area contributed by atoms with Gasteiger partial charge in [0, 0.05) is 11.4 Å². The number of ether oxygens (including phenoxy) is 1. The summed E-state index contributed by atoms with van der Waals surface area (Å²) in [6.45, 7) is 3.21. The Labute approximate surface area is 138 Å². The molecule has 6 nitrogen and oxygen atoms in total. The lowest BCUT2D eigenvalue weighted by Crippen LogP contribution is -2.41. The molecule has 0 radical (unpaired) electrons. The predicted octanol–water partition coefficient (Wildman–Crippen LogP) is 2.19. The van der Waals surface area contributed by atoms with Crippen molar-refractivity contribution in [3.63, 3.8) is 0 Å². The number of hydrogen-bond donors (Lipinski definition) is 2. The standard InChI is InChI=1S/C16H20N2O4S/c1-2-8-17-16(21)18-14(19)10-22-15(20)13-9-11-6-4-3-5-7-12(11)23-13/h2,9H,1,3-8,10H2,(H2,17,18,19,21). The van der Waals surface area contributed by atoms with Gasteiger partial charge in [0.2, 0.25) is 0 Å². The molecule has 1 aromatic rings. The summed E-state index contributed by atoms with van der Waals surface area (Å²) in [6.07, 6.45) is 6.98. The smallest absolute Gasteiger partial charge is 0.348 e. The molecule has 3 amide bonds. The van der Waals surface area contributed by atoms with Crippen molar-refractivity contribution in [3.05, 3.63) is 34.0 Å². The molecular formula is C16H20N2O4S. The van der Waals surface area contributed by atoms with Crippen LogP contribution >= 0.6 is 11.3 Å². The second-order valence-electron chi connectivity index (χ2n) is 5.24. The van der Waals surface area contributed by atoms with Crippen LogP contribution in [0.5, 0.6) is 0 Å². The highest BCUT2D eigenvalue weighted by atomic mass is 32.1. The Bertz CT molecular complexity index is 586. The molecule has 1 heterocycles. The first-order valence-corrected chi connectivity index (χ1v) is 8.39. The molecule has 0 spiro atoms. The van der Waals surface area contributed by atoms with Crippen LogP contribution in [0.15, 0.2) is 18.7 Å². The largest absolute Gasteiger partial charge is 0.451 e. The lowest BCUT2D eigenvalue weighted by molar-refractivity contribution is -0.123. The van der Waals surface area contributed by atoms with E-state index in [4.69, 9.17) is 4.74 Å². The van der Waals surface area contributed by atoms with Gasteiger partial charge in [0.15, 0.2) is 6.61 Å². The van der Waals surface area contributed by atoms with Crippen LogP contribution in [-0.2, 0) is 22.4 Å². The fraction of sp³-hybridized carbons (Fsp3) is 0.438. The van der Waals surface area contributed by atoms with Crippen LogP contribution in [0.3, 0.4) is 0 Å². The van der Waals surface area contributed by atoms with E-state index in [9.17, 15) is 14.4 Å². The lowest BCUT2D eigenvalue weighted by atomic mass is 10.1. The summed E-state index contributed by atoms with van der Waals surface area (Å²) in [5.41, 5.74) is 1.22. The molecule has 7 heteroatoms. The minimum atomic E-state index is -0.668. The maximum Gasteiger partial charge on any atom is 0.348 e. The van der Waals surface area contributed by atoms with Crippen molar-refractivity contribution >= 4 is 29.2 Å². The third-order valence-electron chi connectivity index (χ3n) is 3.44. The van der Waals surface area contributed by atoms with Gasteiger partial charge in [-0.2, -0.15) is 0 Å². The second kappa shape index (κ2) is 8.47. The number of imide groups is 1. The zero-order chi connectivity index (χ0) is 16.7. The van der Waals surface area contributed by atoms with E-state index >= 15 is 0 Å². The van der Waals surface area contributed by atoms with Gasteiger partial charge < -0.3 is 10.1 Å². The Morgan fingerprint density at radius 3 is 2.83 bits per heavy atom. The Kier molecular flexibility index (Phi) is 6.34. The molecule has 1 aliphatic carbocycles. The fourth-order valence-electron chi connectivity index (χ4n) is 2.34. The Hall–Kier alpha value is -2.15. The maximum absolute atomic E-state index is 12.0. The molecule has 0 saturated heterocycles. The van der Waals surface area contributed by atoms with Crippen molar-refractivity contribution in [1.29, 1.82) is 0 Å². The summed E-state index contributed by atoms with van der Waals surface area (Å²) in [5.74, 6) is -1.19. The molecule has 1 aliphatic rings. The molecule has 0 atom stereocenters. The van der Waals surface area contributed by atoms with Crippen molar-refractivity contribution in [2.45, 2.75) is 32.1 Å². The highest BCUT2D eigenvalue weighted by Gasteiger charge is 2.18. The Balaban J connectivity index is 1.81. The van der Waals surface area contributed by atoms with Crippen LogP contribution in [0, 0.1) is 0 Å². The number of nitrogens with one attached hydrogen (secondary N) is 2. The number of carbonyl (C=O) groups is 3. The number of urea groups is 1. The summed E-state index contributed by atoms with van der Waals surface area (Å²) in [4.78, 5) is 36.5. The molecule has 124 valence electrons. The van der Waals surface area contributed by atoms with E-state index in [0.29, 0.717) is 4.88 Å². The summed E-state index contributed by atoms with van der Waals surface area (Å²) in [7, 11) is 0. The number of rotatable bonds is 5. The molecular weight excluding hydrogens is 316 g/mol. The van der Waals surface area contributed by atoms with E-state index in [0.717, 1.165) is 25.7 Å². The highest BCUT2D eigenvalue weighted by molar-refractivity contribution is 7.14. The van der Waals surface area contributed by atoms with Gasteiger partial charge in [0.1, 0.15) is 4.88 Å². The Morgan fingerprint density at radius 1 is 1.26 bits per heavy atom. The van der Waals surface area contributed by atoms with E-state index in [1.165, 1.54) is 34.3 Å². The van der Waals surface area contributed by atoms with Crippen molar-refractivity contribution in [3.8, 4) is 0 Å². The molecule has 0 aliphatic heterocycles. The van der Waals surface area contributed by atoms with Gasteiger partial charge in [-0.15, -0.1) is 17.9 Å². The first-order chi connectivity index (χ1) is 11.1. The summed E-state index contributed by atoms with van der Waals surface area (Å²) in [5, 5.41) is 4.46. The molecule has 0 aromatic carbocycles. The average Bonchev–Trinajstić information content (AvgIpc) is 2.81. The number of aryl methyl sites for hydroxylation is 2. The number of hydrogen-bond acceptors (Lipinski definition) is 5. The zero-order valence-corrected chi connectivity index (χ0v) is 13.7. The van der Waals surface area contributed by atoms with Gasteiger partial charge in [-0.25, -0.2) is 9.59 Å². The molecule has 23 heavy (non-hydrogen) atoms. The maximum atomic E-state index is 12.0. The van der Waals surface area contributed by atoms with Crippen LogP contribution in [0.2, 0.25) is 0 Å². The van der Waals surface area contributed by atoms with Crippen LogP contribution in [-0.4, -0.2) is 31.1 Å². The van der Waals surface area contributed by atoms with Gasteiger partial charge in [0.25, 0.3) is 5.91 Å². The number of amides is 3. The van der Waals surface area contributed by atoms with Crippen LogP contribution in [0.25, 0.3) is 0 Å². The normalized spacial score (nSPS) is 13.4. The van der Waals surface area contributed by atoms with Crippen LogP contribution < -0.4 is 10.6 Å². The average molecular weight is 336 g/mol. The molecule has 0 bridgehead atoms. The van der Waals surface area contributed by atoms with Crippen molar-refractivity contribution in [1.82, 2.24) is 10.6 Å². The zero-order valence-electron chi connectivity index (χ0n) is 12.9. The van der Waals surface area contributed by atoms with Crippen LogP contribution in [0.4, 0.5) is 4.79 Å². The van der Waals surface area contributed by atoms with E-state index in [1.807, 2.05) is 6.07 Å². The SMILES string of the molecule is C=CCNC(=O)NC(=O)COC(=O)c1cc2c(s1)CCCCC2. The molecule has 2 rings (SSSR count). The van der Waals surface area contributed by atoms with Crippen molar-refractivity contribution in [2.75, 3.05) is 13.2 Å². The van der Waals surface area contributed by atoms with Crippen LogP contribution in [0.1, 0.15) is 39.4 Å². The second-order valence-corrected chi connectivity index (χ2v) is 6.38. The first kappa shape index (κ1) is 17.2. The summed E-state index contributed by atoms with van der Waals surface area (Å²) < 4.78 is 4.96. The van der Waals surface area contributed by atoms with E-state index in [-0.39, 0.29) is 6.54 Å². The molecule has 0 fully saturated rings. The molecule has 1 aromatic heterocycles. The third kappa shape index (κ3) is 5.21. The highest BCUT2D eigenvalue weighted by Crippen LogP contribution is 2.29. The van der Waals surface area contributed by atoms with Crippen molar-refractivity contribution in [2.24, 2.45) is 0 Å². The van der Waals surface area contributed by atoms with E-state index < -0.39 is 24.5 Å². The fourth-order valence-corrected chi connectivity index (χ4v) is 3.49. The monoisotopic (exact) mass is 336 g/mol. The minimum Gasteiger partial charge on any atom is -0.451 e. The molecule has 0 unspecified atom stereocenters.